The van der Waals surface area contributed by atoms with E-state index in [1.807, 2.05) is 12.1 Å². The Balaban J connectivity index is 2.68. The molecule has 0 heterocycles. The highest BCUT2D eigenvalue weighted by atomic mass is 19.1. The topological polar surface area (TPSA) is 30.5 Å². The lowest BCUT2D eigenvalue weighted by Crippen LogP contribution is -2.02. The van der Waals surface area contributed by atoms with Crippen LogP contribution in [0.15, 0.2) is 18.2 Å². The van der Waals surface area contributed by atoms with Crippen molar-refractivity contribution in [3.05, 3.63) is 18.2 Å². The van der Waals surface area contributed by atoms with Gasteiger partial charge in [0.25, 0.3) is 0 Å². The van der Waals surface area contributed by atoms with E-state index < -0.39 is 0 Å². The number of nitrogens with one attached hydrogen (secondary N) is 1. The van der Waals surface area contributed by atoms with Gasteiger partial charge in [-0.2, -0.15) is 0 Å². The fourth-order valence-corrected chi connectivity index (χ4v) is 1.21. The maximum absolute atomic E-state index is 11.9. The van der Waals surface area contributed by atoms with Crippen molar-refractivity contribution in [2.75, 3.05) is 32.8 Å². The minimum Gasteiger partial charge on any atom is -0.497 e. The van der Waals surface area contributed by atoms with E-state index in [9.17, 15) is 4.39 Å². The third-order valence-electron chi connectivity index (χ3n) is 1.99. The number of hydrogen-bond acceptors (Lipinski definition) is 3. The number of ether oxygens (including phenoxy) is 2. The molecule has 0 saturated carbocycles. The lowest BCUT2D eigenvalue weighted by Gasteiger charge is -2.09. The van der Waals surface area contributed by atoms with Gasteiger partial charge in [-0.05, 0) is 6.42 Å². The Hall–Kier alpha value is -1.45. The molecular formula is C11H16FNO2. The third-order valence-corrected chi connectivity index (χ3v) is 1.99. The molecule has 0 aliphatic heterocycles. The maximum Gasteiger partial charge on any atom is 0.124 e. The summed E-state index contributed by atoms with van der Waals surface area (Å²) in [5, 5.41) is 3.10. The minimum absolute atomic E-state index is 0.311. The number of hydrogen-bond donors (Lipinski definition) is 1. The summed E-state index contributed by atoms with van der Waals surface area (Å²) < 4.78 is 22.1. The van der Waals surface area contributed by atoms with Gasteiger partial charge in [-0.15, -0.1) is 0 Å². The molecule has 0 unspecified atom stereocenters. The standard InChI is InChI=1S/C11H16FNO2/c1-14-10-6-9(13-5-3-4-12)7-11(8-10)15-2/h6-8,13H,3-5H2,1-2H3. The number of halogens is 1. The Morgan fingerprint density at radius 2 is 1.73 bits per heavy atom. The Bertz CT molecular complexity index is 282. The summed E-state index contributed by atoms with van der Waals surface area (Å²) in [7, 11) is 3.19. The van der Waals surface area contributed by atoms with Gasteiger partial charge in [0.1, 0.15) is 11.5 Å². The van der Waals surface area contributed by atoms with Gasteiger partial charge in [0.05, 0.1) is 20.9 Å². The van der Waals surface area contributed by atoms with E-state index in [1.54, 1.807) is 20.3 Å². The largest absolute Gasteiger partial charge is 0.497 e. The molecule has 15 heavy (non-hydrogen) atoms. The molecule has 1 aromatic rings. The fourth-order valence-electron chi connectivity index (χ4n) is 1.21. The molecule has 0 radical (unpaired) electrons. The van der Waals surface area contributed by atoms with Crippen LogP contribution >= 0.6 is 0 Å². The van der Waals surface area contributed by atoms with Gasteiger partial charge in [0.2, 0.25) is 0 Å². The van der Waals surface area contributed by atoms with Crippen LogP contribution in [-0.2, 0) is 0 Å². The van der Waals surface area contributed by atoms with Crippen molar-refractivity contribution in [3.63, 3.8) is 0 Å². The van der Waals surface area contributed by atoms with Crippen LogP contribution < -0.4 is 14.8 Å². The van der Waals surface area contributed by atoms with Crippen molar-refractivity contribution in [3.8, 4) is 11.5 Å². The van der Waals surface area contributed by atoms with Crippen molar-refractivity contribution in [1.29, 1.82) is 0 Å². The van der Waals surface area contributed by atoms with Crippen molar-refractivity contribution in [1.82, 2.24) is 0 Å². The predicted molar refractivity (Wildman–Crippen MR) is 58.6 cm³/mol. The molecule has 0 fully saturated rings. The smallest absolute Gasteiger partial charge is 0.124 e. The van der Waals surface area contributed by atoms with Gasteiger partial charge in [-0.25, -0.2) is 0 Å². The first-order valence-electron chi connectivity index (χ1n) is 4.83. The molecule has 1 aromatic carbocycles. The van der Waals surface area contributed by atoms with Gasteiger partial charge in [-0.3, -0.25) is 4.39 Å². The number of alkyl halides is 1. The lowest BCUT2D eigenvalue weighted by atomic mass is 10.2. The molecule has 3 nitrogen and oxygen atoms in total. The van der Waals surface area contributed by atoms with Gasteiger partial charge in [0.15, 0.2) is 0 Å². The first-order chi connectivity index (χ1) is 7.30. The Labute approximate surface area is 89.2 Å². The first-order valence-corrected chi connectivity index (χ1v) is 4.83. The average molecular weight is 213 g/mol. The predicted octanol–water partition coefficient (Wildman–Crippen LogP) is 2.48. The lowest BCUT2D eigenvalue weighted by molar-refractivity contribution is 0.394. The number of rotatable bonds is 6. The summed E-state index contributed by atoms with van der Waals surface area (Å²) in [4.78, 5) is 0. The second kappa shape index (κ2) is 6.11. The second-order valence-electron chi connectivity index (χ2n) is 3.07. The Kier molecular flexibility index (Phi) is 4.74. The normalized spacial score (nSPS) is 9.80. The van der Waals surface area contributed by atoms with Gasteiger partial charge >= 0.3 is 0 Å². The molecule has 0 amide bonds. The highest BCUT2D eigenvalue weighted by molar-refractivity contribution is 5.53. The zero-order valence-electron chi connectivity index (χ0n) is 9.05. The molecule has 4 heteroatoms. The summed E-state index contributed by atoms with van der Waals surface area (Å²) >= 11 is 0. The zero-order chi connectivity index (χ0) is 11.1. The zero-order valence-corrected chi connectivity index (χ0v) is 9.05. The molecule has 0 saturated heterocycles. The molecule has 0 spiro atoms. The molecule has 1 rings (SSSR count). The van der Waals surface area contributed by atoms with Crippen LogP contribution in [0.1, 0.15) is 6.42 Å². The number of anilines is 1. The maximum atomic E-state index is 11.9. The van der Waals surface area contributed by atoms with Crippen LogP contribution in [0.25, 0.3) is 0 Å². The SMILES string of the molecule is COc1cc(NCCCF)cc(OC)c1. The van der Waals surface area contributed by atoms with Crippen molar-refractivity contribution in [2.45, 2.75) is 6.42 Å². The molecule has 0 aromatic heterocycles. The number of methoxy groups -OCH3 is 2. The molecule has 84 valence electrons. The fraction of sp³-hybridized carbons (Fsp3) is 0.455. The van der Waals surface area contributed by atoms with E-state index >= 15 is 0 Å². The summed E-state index contributed by atoms with van der Waals surface area (Å²) in [6, 6.07) is 5.49. The highest BCUT2D eigenvalue weighted by Gasteiger charge is 2.00. The van der Waals surface area contributed by atoms with E-state index in [0.717, 1.165) is 17.2 Å². The number of benzene rings is 1. The van der Waals surface area contributed by atoms with Crippen molar-refractivity contribution < 1.29 is 13.9 Å². The molecule has 1 N–H and O–H groups in total. The second-order valence-corrected chi connectivity index (χ2v) is 3.07. The highest BCUT2D eigenvalue weighted by Crippen LogP contribution is 2.25. The van der Waals surface area contributed by atoms with Crippen LogP contribution in [0.5, 0.6) is 11.5 Å². The van der Waals surface area contributed by atoms with Crippen molar-refractivity contribution >= 4 is 5.69 Å². The van der Waals surface area contributed by atoms with Gasteiger partial charge in [-0.1, -0.05) is 0 Å². The summed E-state index contributed by atoms with van der Waals surface area (Å²) in [6.45, 7) is 0.293. The van der Waals surface area contributed by atoms with Crippen molar-refractivity contribution in [2.24, 2.45) is 0 Å². The van der Waals surface area contributed by atoms with E-state index in [2.05, 4.69) is 5.32 Å². The van der Waals surface area contributed by atoms with E-state index in [4.69, 9.17) is 9.47 Å². The molecule has 0 aliphatic carbocycles. The van der Waals surface area contributed by atoms with E-state index in [1.165, 1.54) is 0 Å². The quantitative estimate of drug-likeness (QED) is 0.736. The van der Waals surface area contributed by atoms with Crippen LogP contribution in [0.4, 0.5) is 10.1 Å². The first kappa shape index (κ1) is 11.6. The van der Waals surface area contributed by atoms with E-state index in [-0.39, 0.29) is 6.67 Å². The summed E-state index contributed by atoms with van der Waals surface area (Å²) in [5.74, 6) is 1.44. The summed E-state index contributed by atoms with van der Waals surface area (Å²) in [5.41, 5.74) is 0.875. The average Bonchev–Trinajstić information content (AvgIpc) is 2.29. The van der Waals surface area contributed by atoms with Crippen LogP contribution in [0.2, 0.25) is 0 Å². The molecular weight excluding hydrogens is 197 g/mol. The molecule has 0 atom stereocenters. The van der Waals surface area contributed by atoms with Crippen LogP contribution in [0, 0.1) is 0 Å². The third kappa shape index (κ3) is 3.65. The monoisotopic (exact) mass is 213 g/mol. The minimum atomic E-state index is -0.311. The summed E-state index contributed by atoms with van der Waals surface area (Å²) in [6.07, 6.45) is 0.500. The van der Waals surface area contributed by atoms with E-state index in [0.29, 0.717) is 13.0 Å². The molecule has 0 bridgehead atoms. The molecule has 0 aliphatic rings. The Morgan fingerprint density at radius 1 is 1.13 bits per heavy atom. The van der Waals surface area contributed by atoms with Gasteiger partial charge in [0, 0.05) is 30.4 Å². The van der Waals surface area contributed by atoms with Crippen LogP contribution in [-0.4, -0.2) is 27.4 Å². The Morgan fingerprint density at radius 3 is 2.20 bits per heavy atom. The van der Waals surface area contributed by atoms with Gasteiger partial charge < -0.3 is 14.8 Å². The van der Waals surface area contributed by atoms with Crippen LogP contribution in [0.3, 0.4) is 0 Å².